The molecule has 1 fully saturated rings. The van der Waals surface area contributed by atoms with E-state index < -0.39 is 5.54 Å². The summed E-state index contributed by atoms with van der Waals surface area (Å²) in [6.45, 7) is 4.92. The van der Waals surface area contributed by atoms with Crippen LogP contribution in [0, 0.1) is 6.92 Å². The van der Waals surface area contributed by atoms with E-state index in [4.69, 9.17) is 0 Å². The maximum atomic E-state index is 12.3. The van der Waals surface area contributed by atoms with E-state index in [0.29, 0.717) is 0 Å². The number of benzene rings is 1. The molecule has 1 aromatic carbocycles. The highest BCUT2D eigenvalue weighted by molar-refractivity contribution is 9.10. The Morgan fingerprint density at radius 3 is 2.83 bits per heavy atom. The van der Waals surface area contributed by atoms with Gasteiger partial charge in [0, 0.05) is 10.2 Å². The highest BCUT2D eigenvalue weighted by Crippen LogP contribution is 2.24. The minimum absolute atomic E-state index is 0.0537. The fourth-order valence-corrected chi connectivity index (χ4v) is 2.57. The number of carbonyl (C=O) groups excluding carboxylic acids is 1. The summed E-state index contributed by atoms with van der Waals surface area (Å²) in [5.41, 5.74) is 1.57. The van der Waals surface area contributed by atoms with Gasteiger partial charge in [0.15, 0.2) is 0 Å². The second-order valence-corrected chi connectivity index (χ2v) is 5.99. The molecule has 1 heterocycles. The minimum Gasteiger partial charge on any atom is -0.324 e. The van der Waals surface area contributed by atoms with E-state index in [1.807, 2.05) is 32.0 Å². The number of amides is 1. The van der Waals surface area contributed by atoms with Crippen LogP contribution in [0.4, 0.5) is 5.69 Å². The molecule has 1 aliphatic rings. The first kappa shape index (κ1) is 13.6. The summed E-state index contributed by atoms with van der Waals surface area (Å²) in [7, 11) is 0. The Morgan fingerprint density at radius 1 is 1.44 bits per heavy atom. The van der Waals surface area contributed by atoms with Crippen molar-refractivity contribution in [3.63, 3.8) is 0 Å². The molecule has 1 unspecified atom stereocenters. The van der Waals surface area contributed by atoms with Crippen molar-refractivity contribution in [3.05, 3.63) is 28.2 Å². The van der Waals surface area contributed by atoms with Crippen LogP contribution in [0.25, 0.3) is 0 Å². The molecule has 0 radical (unpaired) electrons. The monoisotopic (exact) mass is 310 g/mol. The molecule has 3 nitrogen and oxygen atoms in total. The predicted octanol–water partition coefficient (Wildman–Crippen LogP) is 3.23. The van der Waals surface area contributed by atoms with Crippen LogP contribution in [0.3, 0.4) is 0 Å². The Morgan fingerprint density at radius 2 is 2.22 bits per heavy atom. The van der Waals surface area contributed by atoms with Crippen LogP contribution in [-0.4, -0.2) is 18.0 Å². The Labute approximate surface area is 116 Å². The summed E-state index contributed by atoms with van der Waals surface area (Å²) in [5.74, 6) is 0.0537. The quantitative estimate of drug-likeness (QED) is 0.880. The van der Waals surface area contributed by atoms with Crippen LogP contribution in [0.15, 0.2) is 22.7 Å². The van der Waals surface area contributed by atoms with Crippen LogP contribution in [0.1, 0.15) is 31.7 Å². The van der Waals surface area contributed by atoms with Crippen molar-refractivity contribution < 1.29 is 4.79 Å². The van der Waals surface area contributed by atoms with Gasteiger partial charge in [-0.3, -0.25) is 4.79 Å². The summed E-state index contributed by atoms with van der Waals surface area (Å²) in [4.78, 5) is 12.3. The third kappa shape index (κ3) is 2.93. The number of hydrogen-bond donors (Lipinski definition) is 2. The lowest BCUT2D eigenvalue weighted by atomic mass is 9.90. The zero-order valence-corrected chi connectivity index (χ0v) is 12.4. The molecule has 98 valence electrons. The van der Waals surface area contributed by atoms with E-state index in [0.717, 1.165) is 41.5 Å². The number of aryl methyl sites for hydroxylation is 1. The third-order valence-electron chi connectivity index (χ3n) is 3.55. The molecule has 1 amide bonds. The first-order valence-corrected chi connectivity index (χ1v) is 7.13. The van der Waals surface area contributed by atoms with Crippen molar-refractivity contribution in [2.75, 3.05) is 11.9 Å². The van der Waals surface area contributed by atoms with Gasteiger partial charge in [-0.1, -0.05) is 22.0 Å². The van der Waals surface area contributed by atoms with Crippen molar-refractivity contribution in [2.24, 2.45) is 0 Å². The van der Waals surface area contributed by atoms with Gasteiger partial charge in [0.25, 0.3) is 0 Å². The number of rotatable bonds is 2. The average molecular weight is 311 g/mol. The van der Waals surface area contributed by atoms with Crippen molar-refractivity contribution in [2.45, 2.75) is 38.6 Å². The molecule has 0 bridgehead atoms. The molecular formula is C14H19BrN2O. The van der Waals surface area contributed by atoms with Gasteiger partial charge in [-0.05, 0) is 57.4 Å². The van der Waals surface area contributed by atoms with E-state index >= 15 is 0 Å². The minimum atomic E-state index is -0.435. The first-order chi connectivity index (χ1) is 8.51. The Kier molecular flexibility index (Phi) is 4.07. The standard InChI is InChI=1S/C14H19BrN2O/c1-10-5-6-11(9-12(10)15)17-13(18)14(2)7-3-4-8-16-14/h5-6,9,16H,3-4,7-8H2,1-2H3,(H,17,18). The Bertz CT molecular complexity index is 453. The average Bonchev–Trinajstić information content (AvgIpc) is 2.35. The maximum absolute atomic E-state index is 12.3. The van der Waals surface area contributed by atoms with Crippen LogP contribution in [-0.2, 0) is 4.79 Å². The maximum Gasteiger partial charge on any atom is 0.244 e. The zero-order chi connectivity index (χ0) is 13.2. The predicted molar refractivity (Wildman–Crippen MR) is 77.8 cm³/mol. The Balaban J connectivity index is 2.08. The zero-order valence-electron chi connectivity index (χ0n) is 10.8. The molecule has 1 aromatic rings. The fraction of sp³-hybridized carbons (Fsp3) is 0.500. The van der Waals surface area contributed by atoms with E-state index in [2.05, 4.69) is 26.6 Å². The van der Waals surface area contributed by atoms with Gasteiger partial charge in [0.1, 0.15) is 0 Å². The fourth-order valence-electron chi connectivity index (χ4n) is 2.19. The van der Waals surface area contributed by atoms with Crippen molar-refractivity contribution in [1.29, 1.82) is 0 Å². The van der Waals surface area contributed by atoms with Crippen molar-refractivity contribution in [1.82, 2.24) is 5.32 Å². The summed E-state index contributed by atoms with van der Waals surface area (Å²) < 4.78 is 1.02. The highest BCUT2D eigenvalue weighted by Gasteiger charge is 2.34. The van der Waals surface area contributed by atoms with Crippen LogP contribution in [0.2, 0.25) is 0 Å². The van der Waals surface area contributed by atoms with Gasteiger partial charge in [-0.25, -0.2) is 0 Å². The van der Waals surface area contributed by atoms with Gasteiger partial charge in [-0.2, -0.15) is 0 Å². The molecule has 1 atom stereocenters. The molecule has 1 saturated heterocycles. The number of carbonyl (C=O) groups is 1. The molecule has 18 heavy (non-hydrogen) atoms. The number of halogens is 1. The van der Waals surface area contributed by atoms with E-state index in [-0.39, 0.29) is 5.91 Å². The van der Waals surface area contributed by atoms with Gasteiger partial charge in [0.05, 0.1) is 5.54 Å². The molecule has 0 aromatic heterocycles. The van der Waals surface area contributed by atoms with E-state index in [1.54, 1.807) is 0 Å². The first-order valence-electron chi connectivity index (χ1n) is 6.34. The molecular weight excluding hydrogens is 292 g/mol. The number of hydrogen-bond acceptors (Lipinski definition) is 2. The summed E-state index contributed by atoms with van der Waals surface area (Å²) in [6.07, 6.45) is 3.15. The SMILES string of the molecule is Cc1ccc(NC(=O)C2(C)CCCCN2)cc1Br. The summed E-state index contributed by atoms with van der Waals surface area (Å²) >= 11 is 3.48. The molecule has 0 spiro atoms. The van der Waals surface area contributed by atoms with Crippen molar-refractivity contribution >= 4 is 27.5 Å². The Hall–Kier alpha value is -0.870. The number of piperidine rings is 1. The van der Waals surface area contributed by atoms with Gasteiger partial charge in [0.2, 0.25) is 5.91 Å². The number of nitrogens with one attached hydrogen (secondary N) is 2. The molecule has 1 aliphatic heterocycles. The largest absolute Gasteiger partial charge is 0.324 e. The third-order valence-corrected chi connectivity index (χ3v) is 4.40. The summed E-state index contributed by atoms with van der Waals surface area (Å²) in [5, 5.41) is 6.31. The molecule has 2 rings (SSSR count). The second kappa shape index (κ2) is 5.41. The van der Waals surface area contributed by atoms with Crippen LogP contribution < -0.4 is 10.6 Å². The smallest absolute Gasteiger partial charge is 0.244 e. The van der Waals surface area contributed by atoms with Crippen molar-refractivity contribution in [3.8, 4) is 0 Å². The van der Waals surface area contributed by atoms with E-state index in [9.17, 15) is 4.79 Å². The van der Waals surface area contributed by atoms with E-state index in [1.165, 1.54) is 0 Å². The molecule has 4 heteroatoms. The topological polar surface area (TPSA) is 41.1 Å². The normalized spacial score (nSPS) is 23.7. The van der Waals surface area contributed by atoms with Gasteiger partial charge < -0.3 is 10.6 Å². The second-order valence-electron chi connectivity index (χ2n) is 5.13. The van der Waals surface area contributed by atoms with Crippen LogP contribution >= 0.6 is 15.9 Å². The highest BCUT2D eigenvalue weighted by atomic mass is 79.9. The van der Waals surface area contributed by atoms with Crippen LogP contribution in [0.5, 0.6) is 0 Å². The summed E-state index contributed by atoms with van der Waals surface area (Å²) in [6, 6.07) is 5.87. The lowest BCUT2D eigenvalue weighted by Crippen LogP contribution is -2.54. The number of anilines is 1. The molecule has 0 aliphatic carbocycles. The van der Waals surface area contributed by atoms with Gasteiger partial charge >= 0.3 is 0 Å². The molecule has 2 N–H and O–H groups in total. The van der Waals surface area contributed by atoms with Gasteiger partial charge in [-0.15, -0.1) is 0 Å². The molecule has 0 saturated carbocycles. The lowest BCUT2D eigenvalue weighted by molar-refractivity contribution is -0.122. The lowest BCUT2D eigenvalue weighted by Gasteiger charge is -2.33.